The van der Waals surface area contributed by atoms with Crippen LogP contribution in [0.4, 0.5) is 0 Å². The van der Waals surface area contributed by atoms with Crippen molar-refractivity contribution in [1.82, 2.24) is 0 Å². The summed E-state index contributed by atoms with van der Waals surface area (Å²) < 4.78 is 0. The summed E-state index contributed by atoms with van der Waals surface area (Å²) in [6, 6.07) is 16.8. The molecule has 0 bridgehead atoms. The quantitative estimate of drug-likeness (QED) is 0.649. The standard InChI is InChI=1S/C14H13.K.H/c1-11-3-7-13(8-4-11)14-9-5-12(2)6-10-14;;/h3-10H,1H2,2H3;;. The number of benzene rings is 2. The number of hydrogen-bond acceptors (Lipinski definition) is 0. The normalized spacial score (nSPS) is 9.47. The van der Waals surface area contributed by atoms with E-state index in [1.165, 1.54) is 16.7 Å². The summed E-state index contributed by atoms with van der Waals surface area (Å²) in [5.41, 5.74) is 4.86. The van der Waals surface area contributed by atoms with Crippen molar-refractivity contribution in [1.29, 1.82) is 0 Å². The molecule has 0 spiro atoms. The molecule has 0 saturated heterocycles. The first kappa shape index (κ1) is 13.1. The van der Waals surface area contributed by atoms with Crippen LogP contribution in [0.15, 0.2) is 48.5 Å². The van der Waals surface area contributed by atoms with Gasteiger partial charge in [0, 0.05) is 0 Å². The minimum absolute atomic E-state index is 0. The van der Waals surface area contributed by atoms with E-state index in [0.717, 1.165) is 5.56 Å². The molecular weight excluding hydrogens is 207 g/mol. The average Bonchev–Trinajstić information content (AvgIpc) is 2.21. The minimum atomic E-state index is 0. The van der Waals surface area contributed by atoms with Crippen LogP contribution in [0.5, 0.6) is 0 Å². The fourth-order valence-corrected chi connectivity index (χ4v) is 1.44. The van der Waals surface area contributed by atoms with Crippen molar-refractivity contribution in [2.24, 2.45) is 0 Å². The Hall–Kier alpha value is 0.0764. The molecule has 15 heavy (non-hydrogen) atoms. The first-order valence-electron chi connectivity index (χ1n) is 4.75. The molecule has 1 heteroatoms. The Balaban J connectivity index is 0.00000112. The first-order chi connectivity index (χ1) is 6.75. The van der Waals surface area contributed by atoms with Crippen LogP contribution >= 0.6 is 0 Å². The first-order valence-corrected chi connectivity index (χ1v) is 4.75. The zero-order valence-corrected chi connectivity index (χ0v) is 8.33. The molecule has 0 heterocycles. The maximum absolute atomic E-state index is 3.87. The van der Waals surface area contributed by atoms with E-state index in [1.54, 1.807) is 0 Å². The summed E-state index contributed by atoms with van der Waals surface area (Å²) >= 11 is 0. The van der Waals surface area contributed by atoms with Crippen molar-refractivity contribution in [2.45, 2.75) is 6.92 Å². The molecule has 0 aliphatic rings. The van der Waals surface area contributed by atoms with Gasteiger partial charge in [0.05, 0.1) is 0 Å². The van der Waals surface area contributed by atoms with Crippen LogP contribution in [-0.4, -0.2) is 51.4 Å². The van der Waals surface area contributed by atoms with Crippen LogP contribution in [0.1, 0.15) is 11.1 Å². The number of hydrogen-bond donors (Lipinski definition) is 0. The van der Waals surface area contributed by atoms with Gasteiger partial charge in [0.2, 0.25) is 0 Å². The molecule has 0 fully saturated rings. The van der Waals surface area contributed by atoms with Crippen molar-refractivity contribution in [3.63, 3.8) is 0 Å². The molecular formula is C14H14K. The van der Waals surface area contributed by atoms with Gasteiger partial charge >= 0.3 is 51.4 Å². The molecule has 1 radical (unpaired) electrons. The van der Waals surface area contributed by atoms with E-state index in [0.29, 0.717) is 0 Å². The van der Waals surface area contributed by atoms with Gasteiger partial charge in [-0.2, -0.15) is 0 Å². The van der Waals surface area contributed by atoms with Crippen molar-refractivity contribution in [3.8, 4) is 11.1 Å². The van der Waals surface area contributed by atoms with Crippen LogP contribution in [0.2, 0.25) is 0 Å². The molecule has 0 atom stereocenters. The van der Waals surface area contributed by atoms with Crippen LogP contribution in [-0.2, 0) is 0 Å². The molecule has 0 aliphatic heterocycles. The summed E-state index contributed by atoms with van der Waals surface area (Å²) in [5.74, 6) is 0. The van der Waals surface area contributed by atoms with Gasteiger partial charge < -0.3 is 0 Å². The zero-order chi connectivity index (χ0) is 9.97. The van der Waals surface area contributed by atoms with Crippen LogP contribution in [0.3, 0.4) is 0 Å². The van der Waals surface area contributed by atoms with E-state index in [4.69, 9.17) is 0 Å². The van der Waals surface area contributed by atoms with E-state index >= 15 is 0 Å². The molecule has 2 aromatic carbocycles. The van der Waals surface area contributed by atoms with Gasteiger partial charge in [-0.05, 0) is 30.5 Å². The average molecular weight is 221 g/mol. The fourth-order valence-electron chi connectivity index (χ4n) is 1.44. The molecule has 0 aromatic heterocycles. The Bertz CT molecular complexity index is 369. The Morgan fingerprint density at radius 2 is 1.13 bits per heavy atom. The summed E-state index contributed by atoms with van der Waals surface area (Å²) in [4.78, 5) is 0. The second-order valence-electron chi connectivity index (χ2n) is 3.56. The van der Waals surface area contributed by atoms with E-state index in [-0.39, 0.29) is 51.4 Å². The van der Waals surface area contributed by atoms with E-state index in [2.05, 4.69) is 50.2 Å². The van der Waals surface area contributed by atoms with Gasteiger partial charge in [0.25, 0.3) is 0 Å². The third-order valence-electron chi connectivity index (χ3n) is 2.34. The SMILES string of the molecule is [CH2]c1ccc(-c2ccc(C)cc2)cc1.[KH]. The van der Waals surface area contributed by atoms with E-state index < -0.39 is 0 Å². The molecule has 0 amide bonds. The Labute approximate surface area is 134 Å². The van der Waals surface area contributed by atoms with Gasteiger partial charge in [-0.15, -0.1) is 0 Å². The van der Waals surface area contributed by atoms with Crippen LogP contribution in [0.25, 0.3) is 11.1 Å². The molecule has 0 aliphatic carbocycles. The third kappa shape index (κ3) is 3.54. The maximum atomic E-state index is 3.87. The predicted octanol–water partition coefficient (Wildman–Crippen LogP) is 3.20. The van der Waals surface area contributed by atoms with E-state index in [1.807, 2.05) is 12.1 Å². The van der Waals surface area contributed by atoms with Crippen molar-refractivity contribution < 1.29 is 0 Å². The monoisotopic (exact) mass is 221 g/mol. The molecule has 0 unspecified atom stereocenters. The molecule has 71 valence electrons. The van der Waals surface area contributed by atoms with Crippen molar-refractivity contribution in [2.75, 3.05) is 0 Å². The molecule has 0 saturated carbocycles. The second-order valence-corrected chi connectivity index (χ2v) is 3.56. The number of aryl methyl sites for hydroxylation is 1. The van der Waals surface area contributed by atoms with Gasteiger partial charge in [-0.3, -0.25) is 0 Å². The van der Waals surface area contributed by atoms with Crippen LogP contribution < -0.4 is 0 Å². The zero-order valence-electron chi connectivity index (χ0n) is 8.33. The molecule has 0 N–H and O–H groups in total. The van der Waals surface area contributed by atoms with Gasteiger partial charge in [0.1, 0.15) is 0 Å². The summed E-state index contributed by atoms with van der Waals surface area (Å²) in [7, 11) is 0. The number of rotatable bonds is 1. The van der Waals surface area contributed by atoms with Crippen LogP contribution in [0, 0.1) is 13.8 Å². The predicted molar refractivity (Wildman–Crippen MR) is 68.2 cm³/mol. The van der Waals surface area contributed by atoms with Crippen molar-refractivity contribution >= 4 is 51.4 Å². The van der Waals surface area contributed by atoms with Gasteiger partial charge in [0.15, 0.2) is 0 Å². The summed E-state index contributed by atoms with van der Waals surface area (Å²) in [6.45, 7) is 5.97. The Morgan fingerprint density at radius 1 is 0.733 bits per heavy atom. The fraction of sp³-hybridized carbons (Fsp3) is 0.0714. The molecule has 0 nitrogen and oxygen atoms in total. The molecule has 2 rings (SSSR count). The topological polar surface area (TPSA) is 0 Å². The Kier molecular flexibility index (Phi) is 5.23. The Morgan fingerprint density at radius 3 is 1.60 bits per heavy atom. The summed E-state index contributed by atoms with van der Waals surface area (Å²) in [5, 5.41) is 0. The van der Waals surface area contributed by atoms with E-state index in [9.17, 15) is 0 Å². The summed E-state index contributed by atoms with van der Waals surface area (Å²) in [6.07, 6.45) is 0. The van der Waals surface area contributed by atoms with Gasteiger partial charge in [-0.25, -0.2) is 0 Å². The second kappa shape index (κ2) is 5.97. The van der Waals surface area contributed by atoms with Crippen molar-refractivity contribution in [3.05, 3.63) is 66.6 Å². The third-order valence-corrected chi connectivity index (χ3v) is 2.34. The molecule has 2 aromatic rings. The van der Waals surface area contributed by atoms with Gasteiger partial charge in [-0.1, -0.05) is 54.1 Å².